The minimum absolute atomic E-state index is 0.0666. The Labute approximate surface area is 159 Å². The Morgan fingerprint density at radius 2 is 2.04 bits per heavy atom. The van der Waals surface area contributed by atoms with Crippen molar-refractivity contribution in [3.63, 3.8) is 0 Å². The van der Waals surface area contributed by atoms with Crippen molar-refractivity contribution >= 4 is 16.9 Å². The van der Waals surface area contributed by atoms with E-state index < -0.39 is 0 Å². The van der Waals surface area contributed by atoms with Crippen LogP contribution < -0.4 is 21.0 Å². The number of carbonyl (C=O) groups is 1. The van der Waals surface area contributed by atoms with Gasteiger partial charge in [-0.2, -0.15) is 0 Å². The standard InChI is InChI=1S/C21H28N2O4/c1-13-9-17(20-14(2)15(3)21(25)27-18(20)10-13)26-12-19(24)23-11-16-7-5-4-6-8-22-16/h9-10,16,22H,4-8,11-12H2,1-3H3,(H,23,24). The molecule has 27 heavy (non-hydrogen) atoms. The summed E-state index contributed by atoms with van der Waals surface area (Å²) in [6.45, 7) is 7.06. The first kappa shape index (κ1) is 19.4. The molecule has 3 rings (SSSR count). The Morgan fingerprint density at radius 1 is 1.22 bits per heavy atom. The van der Waals surface area contributed by atoms with Crippen LogP contribution in [0.15, 0.2) is 21.3 Å². The van der Waals surface area contributed by atoms with Gasteiger partial charge in [0.05, 0.1) is 5.39 Å². The summed E-state index contributed by atoms with van der Waals surface area (Å²) in [5.41, 5.74) is 2.43. The first-order valence-corrected chi connectivity index (χ1v) is 9.63. The molecule has 1 aliphatic heterocycles. The van der Waals surface area contributed by atoms with Crippen molar-refractivity contribution in [2.45, 2.75) is 52.5 Å². The molecule has 1 fully saturated rings. The van der Waals surface area contributed by atoms with Gasteiger partial charge in [-0.05, 0) is 63.4 Å². The fraction of sp³-hybridized carbons (Fsp3) is 0.524. The van der Waals surface area contributed by atoms with Crippen molar-refractivity contribution < 1.29 is 13.9 Å². The highest BCUT2D eigenvalue weighted by molar-refractivity contribution is 5.88. The van der Waals surface area contributed by atoms with Gasteiger partial charge in [0, 0.05) is 18.2 Å². The minimum Gasteiger partial charge on any atom is -0.483 e. The zero-order valence-electron chi connectivity index (χ0n) is 16.3. The molecule has 1 amide bonds. The second-order valence-corrected chi connectivity index (χ2v) is 7.37. The lowest BCUT2D eigenvalue weighted by Crippen LogP contribution is -2.41. The third-order valence-corrected chi connectivity index (χ3v) is 5.22. The third-order valence-electron chi connectivity index (χ3n) is 5.22. The van der Waals surface area contributed by atoms with Gasteiger partial charge in [-0.25, -0.2) is 4.79 Å². The van der Waals surface area contributed by atoms with Gasteiger partial charge in [0.1, 0.15) is 11.3 Å². The number of nitrogens with one attached hydrogen (secondary N) is 2. The average molecular weight is 372 g/mol. The van der Waals surface area contributed by atoms with Crippen LogP contribution in [-0.4, -0.2) is 31.6 Å². The highest BCUT2D eigenvalue weighted by Crippen LogP contribution is 2.30. The fourth-order valence-electron chi connectivity index (χ4n) is 3.51. The summed E-state index contributed by atoms with van der Waals surface area (Å²) in [4.78, 5) is 24.2. The number of hydrogen-bond acceptors (Lipinski definition) is 5. The fourth-order valence-corrected chi connectivity index (χ4v) is 3.51. The topological polar surface area (TPSA) is 80.6 Å². The van der Waals surface area contributed by atoms with E-state index in [2.05, 4.69) is 10.6 Å². The molecule has 0 aliphatic carbocycles. The molecule has 1 aromatic heterocycles. The Balaban J connectivity index is 1.68. The van der Waals surface area contributed by atoms with Crippen molar-refractivity contribution in [2.24, 2.45) is 0 Å². The second kappa shape index (κ2) is 8.57. The molecule has 6 nitrogen and oxygen atoms in total. The molecule has 1 unspecified atom stereocenters. The van der Waals surface area contributed by atoms with Crippen molar-refractivity contribution in [3.8, 4) is 5.75 Å². The van der Waals surface area contributed by atoms with E-state index in [0.29, 0.717) is 29.5 Å². The molecular weight excluding hydrogens is 344 g/mol. The number of carbonyl (C=O) groups excluding carboxylic acids is 1. The smallest absolute Gasteiger partial charge is 0.339 e. The van der Waals surface area contributed by atoms with Gasteiger partial charge in [-0.1, -0.05) is 12.8 Å². The maximum Gasteiger partial charge on any atom is 0.339 e. The average Bonchev–Trinajstić information content (AvgIpc) is 2.91. The normalized spacial score (nSPS) is 17.5. The molecule has 2 heterocycles. The lowest BCUT2D eigenvalue weighted by molar-refractivity contribution is -0.123. The predicted octanol–water partition coefficient (Wildman–Crippen LogP) is 2.75. The Kier molecular flexibility index (Phi) is 6.16. The number of benzene rings is 1. The van der Waals surface area contributed by atoms with E-state index in [1.54, 1.807) is 6.92 Å². The predicted molar refractivity (Wildman–Crippen MR) is 105 cm³/mol. The number of rotatable bonds is 5. The molecule has 6 heteroatoms. The van der Waals surface area contributed by atoms with Crippen LogP contribution in [0.5, 0.6) is 5.75 Å². The van der Waals surface area contributed by atoms with Crippen LogP contribution in [-0.2, 0) is 4.79 Å². The van der Waals surface area contributed by atoms with Crippen molar-refractivity contribution in [1.29, 1.82) is 0 Å². The summed E-state index contributed by atoms with van der Waals surface area (Å²) < 4.78 is 11.2. The summed E-state index contributed by atoms with van der Waals surface area (Å²) in [6.07, 6.45) is 4.73. The zero-order valence-corrected chi connectivity index (χ0v) is 16.3. The second-order valence-electron chi connectivity index (χ2n) is 7.37. The molecule has 1 aliphatic rings. The van der Waals surface area contributed by atoms with Crippen LogP contribution in [0.1, 0.15) is 42.4 Å². The number of fused-ring (bicyclic) bond motifs is 1. The Morgan fingerprint density at radius 3 is 2.85 bits per heavy atom. The maximum atomic E-state index is 12.2. The van der Waals surface area contributed by atoms with Crippen LogP contribution in [0.2, 0.25) is 0 Å². The molecular formula is C21H28N2O4. The summed E-state index contributed by atoms with van der Waals surface area (Å²) in [6, 6.07) is 4.01. The van der Waals surface area contributed by atoms with Crippen LogP contribution in [0.3, 0.4) is 0 Å². The number of hydrogen-bond donors (Lipinski definition) is 2. The van der Waals surface area contributed by atoms with Crippen LogP contribution >= 0.6 is 0 Å². The summed E-state index contributed by atoms with van der Waals surface area (Å²) in [5.74, 6) is 0.416. The van der Waals surface area contributed by atoms with Gasteiger partial charge in [0.2, 0.25) is 0 Å². The van der Waals surface area contributed by atoms with Gasteiger partial charge in [-0.3, -0.25) is 4.79 Å². The van der Waals surface area contributed by atoms with Gasteiger partial charge in [0.25, 0.3) is 5.91 Å². The summed E-state index contributed by atoms with van der Waals surface area (Å²) >= 11 is 0. The zero-order chi connectivity index (χ0) is 19.4. The lowest BCUT2D eigenvalue weighted by atomic mass is 10.0. The molecule has 0 radical (unpaired) electrons. The van der Waals surface area contributed by atoms with Gasteiger partial charge < -0.3 is 19.8 Å². The maximum absolute atomic E-state index is 12.2. The Hall–Kier alpha value is -2.34. The largest absolute Gasteiger partial charge is 0.483 e. The van der Waals surface area contributed by atoms with Crippen LogP contribution in [0.4, 0.5) is 0 Å². The van der Waals surface area contributed by atoms with Gasteiger partial charge in [0.15, 0.2) is 6.61 Å². The number of aryl methyl sites for hydroxylation is 2. The monoisotopic (exact) mass is 372 g/mol. The van der Waals surface area contributed by atoms with Crippen LogP contribution in [0, 0.1) is 20.8 Å². The molecule has 1 atom stereocenters. The molecule has 1 saturated heterocycles. The first-order valence-electron chi connectivity index (χ1n) is 9.63. The van der Waals surface area contributed by atoms with Crippen LogP contribution in [0.25, 0.3) is 11.0 Å². The van der Waals surface area contributed by atoms with Gasteiger partial charge in [-0.15, -0.1) is 0 Å². The molecule has 1 aromatic carbocycles. The molecule has 0 saturated carbocycles. The quantitative estimate of drug-likeness (QED) is 0.789. The first-order chi connectivity index (χ1) is 13.0. The molecule has 2 N–H and O–H groups in total. The highest BCUT2D eigenvalue weighted by Gasteiger charge is 2.16. The van der Waals surface area contributed by atoms with Crippen molar-refractivity contribution in [1.82, 2.24) is 10.6 Å². The van der Waals surface area contributed by atoms with Crippen molar-refractivity contribution in [2.75, 3.05) is 19.7 Å². The molecule has 0 spiro atoms. The number of ether oxygens (including phenoxy) is 1. The van der Waals surface area contributed by atoms with Crippen molar-refractivity contribution in [3.05, 3.63) is 39.2 Å². The van der Waals surface area contributed by atoms with Gasteiger partial charge >= 0.3 is 5.63 Å². The minimum atomic E-state index is -0.342. The van der Waals surface area contributed by atoms with E-state index in [0.717, 1.165) is 29.5 Å². The molecule has 146 valence electrons. The summed E-state index contributed by atoms with van der Waals surface area (Å²) in [7, 11) is 0. The van der Waals surface area contributed by atoms with E-state index >= 15 is 0 Å². The molecule has 2 aromatic rings. The summed E-state index contributed by atoms with van der Waals surface area (Å²) in [5, 5.41) is 7.16. The van der Waals surface area contributed by atoms with E-state index in [1.165, 1.54) is 19.3 Å². The van der Waals surface area contributed by atoms with E-state index in [4.69, 9.17) is 9.15 Å². The SMILES string of the molecule is Cc1cc(OCC(=O)NCC2CCCCCN2)c2c(C)c(C)c(=O)oc2c1. The Bertz CT molecular complexity index is 880. The van der Waals surface area contributed by atoms with E-state index in [-0.39, 0.29) is 18.1 Å². The van der Waals surface area contributed by atoms with E-state index in [9.17, 15) is 9.59 Å². The number of amides is 1. The third kappa shape index (κ3) is 4.69. The lowest BCUT2D eigenvalue weighted by Gasteiger charge is -2.17. The highest BCUT2D eigenvalue weighted by atomic mass is 16.5. The van der Waals surface area contributed by atoms with E-state index in [1.807, 2.05) is 26.0 Å². The molecule has 0 bridgehead atoms.